The number of benzene rings is 1. The fourth-order valence-electron chi connectivity index (χ4n) is 1.13. The maximum atomic E-state index is 9.26. The van der Waals surface area contributed by atoms with E-state index >= 15 is 0 Å². The Hall–Kier alpha value is -1.35. The van der Waals surface area contributed by atoms with Gasteiger partial charge in [0.2, 0.25) is 0 Å². The predicted octanol–water partition coefficient (Wildman–Crippen LogP) is 2.82. The van der Waals surface area contributed by atoms with E-state index in [-0.39, 0.29) is 5.75 Å². The van der Waals surface area contributed by atoms with Crippen molar-refractivity contribution in [1.29, 1.82) is 0 Å². The molecule has 66 valence electrons. The molecule has 0 aliphatic carbocycles. The highest BCUT2D eigenvalue weighted by atomic mass is 32.1. The minimum absolute atomic E-state index is 0.283. The molecule has 0 unspecified atom stereocenters. The van der Waals surface area contributed by atoms with Gasteiger partial charge in [0.1, 0.15) is 10.8 Å². The van der Waals surface area contributed by atoms with Gasteiger partial charge in [-0.05, 0) is 19.1 Å². The van der Waals surface area contributed by atoms with Gasteiger partial charge in [0.05, 0.1) is 0 Å². The summed E-state index contributed by atoms with van der Waals surface area (Å²) in [5.41, 5.74) is 0.970. The molecule has 2 aromatic rings. The van der Waals surface area contributed by atoms with Crippen LogP contribution in [0.15, 0.2) is 30.5 Å². The maximum Gasteiger partial charge on any atom is 0.123 e. The van der Waals surface area contributed by atoms with E-state index in [1.807, 2.05) is 25.3 Å². The summed E-state index contributed by atoms with van der Waals surface area (Å²) in [5.74, 6) is 0.283. The molecule has 1 N–H and O–H groups in total. The van der Waals surface area contributed by atoms with Gasteiger partial charge in [-0.2, -0.15) is 0 Å². The van der Waals surface area contributed by atoms with Gasteiger partial charge in [-0.25, -0.2) is 4.98 Å². The van der Waals surface area contributed by atoms with Gasteiger partial charge in [0.25, 0.3) is 0 Å². The monoisotopic (exact) mass is 191 g/mol. The van der Waals surface area contributed by atoms with Crippen molar-refractivity contribution in [1.82, 2.24) is 4.98 Å². The van der Waals surface area contributed by atoms with E-state index in [2.05, 4.69) is 4.98 Å². The SMILES string of the molecule is Cc1cnc(-c2cccc(O)c2)s1. The van der Waals surface area contributed by atoms with E-state index in [9.17, 15) is 5.11 Å². The topological polar surface area (TPSA) is 33.1 Å². The highest BCUT2D eigenvalue weighted by molar-refractivity contribution is 7.14. The van der Waals surface area contributed by atoms with Crippen molar-refractivity contribution in [2.75, 3.05) is 0 Å². The first-order valence-electron chi connectivity index (χ1n) is 3.97. The molecular formula is C10H9NOS. The Morgan fingerprint density at radius 3 is 2.85 bits per heavy atom. The molecule has 3 heteroatoms. The van der Waals surface area contributed by atoms with Crippen LogP contribution in [-0.2, 0) is 0 Å². The summed E-state index contributed by atoms with van der Waals surface area (Å²) in [6, 6.07) is 7.14. The van der Waals surface area contributed by atoms with Crippen molar-refractivity contribution in [3.05, 3.63) is 35.3 Å². The summed E-state index contributed by atoms with van der Waals surface area (Å²) in [6.45, 7) is 2.02. The molecule has 13 heavy (non-hydrogen) atoms. The molecular weight excluding hydrogens is 182 g/mol. The number of rotatable bonds is 1. The van der Waals surface area contributed by atoms with Crippen molar-refractivity contribution in [2.45, 2.75) is 6.92 Å². The van der Waals surface area contributed by atoms with E-state index in [0.717, 1.165) is 10.6 Å². The number of aromatic hydroxyl groups is 1. The van der Waals surface area contributed by atoms with Gasteiger partial charge in [0, 0.05) is 16.6 Å². The first-order valence-corrected chi connectivity index (χ1v) is 4.79. The second-order valence-electron chi connectivity index (χ2n) is 2.83. The lowest BCUT2D eigenvalue weighted by Crippen LogP contribution is -1.73. The van der Waals surface area contributed by atoms with Crippen molar-refractivity contribution in [3.8, 4) is 16.3 Å². The van der Waals surface area contributed by atoms with Gasteiger partial charge in [-0.15, -0.1) is 11.3 Å². The summed E-state index contributed by atoms with van der Waals surface area (Å²) < 4.78 is 0. The van der Waals surface area contributed by atoms with Gasteiger partial charge in [0.15, 0.2) is 0 Å². The molecule has 0 saturated carbocycles. The van der Waals surface area contributed by atoms with Gasteiger partial charge < -0.3 is 5.11 Å². The number of nitrogens with zero attached hydrogens (tertiary/aromatic N) is 1. The summed E-state index contributed by atoms with van der Waals surface area (Å²) in [6.07, 6.45) is 1.84. The molecule has 0 fully saturated rings. The zero-order valence-corrected chi connectivity index (χ0v) is 8.01. The molecule has 0 radical (unpaired) electrons. The van der Waals surface area contributed by atoms with Crippen LogP contribution in [0, 0.1) is 6.92 Å². The Kier molecular flexibility index (Phi) is 2.02. The van der Waals surface area contributed by atoms with Crippen LogP contribution in [0.2, 0.25) is 0 Å². The Morgan fingerprint density at radius 1 is 1.38 bits per heavy atom. The summed E-state index contributed by atoms with van der Waals surface area (Å²) in [4.78, 5) is 5.41. The second-order valence-corrected chi connectivity index (χ2v) is 4.06. The lowest BCUT2D eigenvalue weighted by atomic mass is 10.2. The highest BCUT2D eigenvalue weighted by Crippen LogP contribution is 2.26. The fourth-order valence-corrected chi connectivity index (χ4v) is 1.89. The van der Waals surface area contributed by atoms with E-state index in [4.69, 9.17) is 0 Å². The molecule has 2 nitrogen and oxygen atoms in total. The molecule has 1 aromatic carbocycles. The molecule has 0 saturated heterocycles. The zero-order chi connectivity index (χ0) is 9.26. The first kappa shape index (κ1) is 8.26. The average molecular weight is 191 g/mol. The number of aryl methyl sites for hydroxylation is 1. The highest BCUT2D eigenvalue weighted by Gasteiger charge is 2.02. The third kappa shape index (κ3) is 1.70. The van der Waals surface area contributed by atoms with Gasteiger partial charge >= 0.3 is 0 Å². The summed E-state index contributed by atoms with van der Waals surface area (Å²) in [5, 5.41) is 10.2. The number of aromatic nitrogens is 1. The van der Waals surface area contributed by atoms with Crippen LogP contribution in [0.3, 0.4) is 0 Å². The number of hydrogen-bond donors (Lipinski definition) is 1. The fraction of sp³-hybridized carbons (Fsp3) is 0.100. The molecule has 1 heterocycles. The number of hydrogen-bond acceptors (Lipinski definition) is 3. The Bertz CT molecular complexity index is 422. The van der Waals surface area contributed by atoms with Gasteiger partial charge in [-0.1, -0.05) is 12.1 Å². The minimum Gasteiger partial charge on any atom is -0.508 e. The molecule has 2 rings (SSSR count). The van der Waals surface area contributed by atoms with Crippen LogP contribution in [0.1, 0.15) is 4.88 Å². The van der Waals surface area contributed by atoms with Crippen molar-refractivity contribution in [2.24, 2.45) is 0 Å². The maximum absolute atomic E-state index is 9.26. The Labute approximate surface area is 80.5 Å². The smallest absolute Gasteiger partial charge is 0.123 e. The minimum atomic E-state index is 0.283. The molecule has 0 aliphatic heterocycles. The molecule has 0 atom stereocenters. The largest absolute Gasteiger partial charge is 0.508 e. The number of phenols is 1. The lowest BCUT2D eigenvalue weighted by molar-refractivity contribution is 0.475. The molecule has 0 spiro atoms. The van der Waals surface area contributed by atoms with Crippen molar-refractivity contribution in [3.63, 3.8) is 0 Å². The quantitative estimate of drug-likeness (QED) is 0.751. The summed E-state index contributed by atoms with van der Waals surface area (Å²) in [7, 11) is 0. The lowest BCUT2D eigenvalue weighted by Gasteiger charge is -1.95. The Morgan fingerprint density at radius 2 is 2.23 bits per heavy atom. The van der Waals surface area contributed by atoms with Crippen LogP contribution >= 0.6 is 11.3 Å². The predicted molar refractivity (Wildman–Crippen MR) is 54.0 cm³/mol. The van der Waals surface area contributed by atoms with E-state index in [0.29, 0.717) is 0 Å². The third-order valence-electron chi connectivity index (χ3n) is 1.71. The average Bonchev–Trinajstić information content (AvgIpc) is 2.52. The van der Waals surface area contributed by atoms with Crippen LogP contribution in [0.4, 0.5) is 0 Å². The zero-order valence-electron chi connectivity index (χ0n) is 7.19. The van der Waals surface area contributed by atoms with Crippen LogP contribution in [0.5, 0.6) is 5.75 Å². The Balaban J connectivity index is 2.46. The van der Waals surface area contributed by atoms with E-state index < -0.39 is 0 Å². The summed E-state index contributed by atoms with van der Waals surface area (Å²) >= 11 is 1.63. The van der Waals surface area contributed by atoms with Gasteiger partial charge in [-0.3, -0.25) is 0 Å². The van der Waals surface area contributed by atoms with E-state index in [1.54, 1.807) is 23.5 Å². The standard InChI is InChI=1S/C10H9NOS/c1-7-6-11-10(13-7)8-3-2-4-9(12)5-8/h2-6,12H,1H3. The second kappa shape index (κ2) is 3.18. The van der Waals surface area contributed by atoms with E-state index in [1.165, 1.54) is 4.88 Å². The molecule has 0 bridgehead atoms. The van der Waals surface area contributed by atoms with Crippen LogP contribution < -0.4 is 0 Å². The van der Waals surface area contributed by atoms with Crippen LogP contribution in [-0.4, -0.2) is 10.1 Å². The third-order valence-corrected chi connectivity index (χ3v) is 2.68. The van der Waals surface area contributed by atoms with Crippen LogP contribution in [0.25, 0.3) is 10.6 Å². The molecule has 0 aliphatic rings. The molecule has 0 amide bonds. The number of thiazole rings is 1. The first-order chi connectivity index (χ1) is 6.25. The molecule has 1 aromatic heterocycles. The van der Waals surface area contributed by atoms with Crippen molar-refractivity contribution < 1.29 is 5.11 Å². The normalized spacial score (nSPS) is 10.2. The number of phenolic OH excluding ortho intramolecular Hbond substituents is 1. The van der Waals surface area contributed by atoms with Crippen molar-refractivity contribution >= 4 is 11.3 Å².